The molecule has 2 amide bonds. The minimum absolute atomic E-state index is 0.000256. The molecular weight excluding hydrogens is 360 g/mol. The van der Waals surface area contributed by atoms with E-state index < -0.39 is 5.97 Å². The lowest BCUT2D eigenvalue weighted by molar-refractivity contribution is -0.129. The van der Waals surface area contributed by atoms with E-state index in [9.17, 15) is 19.5 Å². The van der Waals surface area contributed by atoms with Gasteiger partial charge in [-0.05, 0) is 25.1 Å². The molecule has 0 aliphatic carbocycles. The first-order valence-corrected chi connectivity index (χ1v) is 8.97. The molecule has 0 bridgehead atoms. The highest BCUT2D eigenvalue weighted by atomic mass is 16.4. The van der Waals surface area contributed by atoms with Crippen molar-refractivity contribution in [3.05, 3.63) is 53.2 Å². The van der Waals surface area contributed by atoms with Crippen molar-refractivity contribution in [3.63, 3.8) is 0 Å². The summed E-state index contributed by atoms with van der Waals surface area (Å²) in [5, 5.41) is 12.3. The molecule has 1 fully saturated rings. The Morgan fingerprint density at radius 3 is 2.43 bits per heavy atom. The lowest BCUT2D eigenvalue weighted by Gasteiger charge is -2.35. The van der Waals surface area contributed by atoms with Crippen LogP contribution < -0.4 is 10.2 Å². The standard InChI is InChI=1S/C20H22N4O4/c1-13-4-3-5-15(10-13)19(26)22-16-11-17(20(27)28)18(21-12-16)24-8-6-23(7-9-24)14(2)25/h3-5,10-12H,6-9H2,1-2H3,(H,22,26)(H,27,28). The van der Waals surface area contributed by atoms with Crippen LogP contribution in [0.1, 0.15) is 33.2 Å². The van der Waals surface area contributed by atoms with Crippen molar-refractivity contribution < 1.29 is 19.5 Å². The summed E-state index contributed by atoms with van der Waals surface area (Å²) < 4.78 is 0. The van der Waals surface area contributed by atoms with Gasteiger partial charge in [-0.15, -0.1) is 0 Å². The van der Waals surface area contributed by atoms with Crippen LogP contribution >= 0.6 is 0 Å². The van der Waals surface area contributed by atoms with Crippen LogP contribution in [0.25, 0.3) is 0 Å². The first-order chi connectivity index (χ1) is 13.3. The monoisotopic (exact) mass is 382 g/mol. The summed E-state index contributed by atoms with van der Waals surface area (Å²) in [5.41, 5.74) is 1.77. The average Bonchev–Trinajstić information content (AvgIpc) is 2.68. The number of amides is 2. The fraction of sp³-hybridized carbons (Fsp3) is 0.300. The SMILES string of the molecule is CC(=O)N1CCN(c2ncc(NC(=O)c3cccc(C)c3)cc2C(=O)O)CC1. The number of hydrogen-bond donors (Lipinski definition) is 2. The van der Waals surface area contributed by atoms with E-state index in [4.69, 9.17) is 0 Å². The van der Waals surface area contributed by atoms with Gasteiger partial charge in [-0.2, -0.15) is 0 Å². The number of pyridine rings is 1. The first kappa shape index (κ1) is 19.3. The number of nitrogens with zero attached hydrogens (tertiary/aromatic N) is 3. The number of aromatic carboxylic acids is 1. The summed E-state index contributed by atoms with van der Waals surface area (Å²) in [7, 11) is 0. The number of carboxylic acids is 1. The number of carbonyl (C=O) groups is 3. The first-order valence-electron chi connectivity index (χ1n) is 8.97. The van der Waals surface area contributed by atoms with Crippen LogP contribution in [0.15, 0.2) is 36.5 Å². The molecule has 1 aromatic heterocycles. The van der Waals surface area contributed by atoms with Gasteiger partial charge in [0.15, 0.2) is 0 Å². The molecular formula is C20H22N4O4. The minimum atomic E-state index is -1.12. The van der Waals surface area contributed by atoms with Gasteiger partial charge < -0.3 is 20.2 Å². The van der Waals surface area contributed by atoms with E-state index in [2.05, 4.69) is 10.3 Å². The quantitative estimate of drug-likeness (QED) is 0.839. The molecule has 8 heteroatoms. The van der Waals surface area contributed by atoms with Crippen molar-refractivity contribution >= 4 is 29.3 Å². The van der Waals surface area contributed by atoms with Crippen LogP contribution in [0.2, 0.25) is 0 Å². The summed E-state index contributed by atoms with van der Waals surface area (Å²) in [4.78, 5) is 43.4. The van der Waals surface area contributed by atoms with Crippen LogP contribution in [0.4, 0.5) is 11.5 Å². The second-order valence-corrected chi connectivity index (χ2v) is 6.72. The fourth-order valence-corrected chi connectivity index (χ4v) is 3.16. The van der Waals surface area contributed by atoms with Crippen LogP contribution in [-0.2, 0) is 4.79 Å². The van der Waals surface area contributed by atoms with Gasteiger partial charge in [0.2, 0.25) is 5.91 Å². The Morgan fingerprint density at radius 1 is 1.11 bits per heavy atom. The van der Waals surface area contributed by atoms with Gasteiger partial charge in [0, 0.05) is 38.7 Å². The molecule has 0 radical (unpaired) electrons. The van der Waals surface area contributed by atoms with E-state index in [1.807, 2.05) is 17.9 Å². The molecule has 8 nitrogen and oxygen atoms in total. The summed E-state index contributed by atoms with van der Waals surface area (Å²) in [6.45, 7) is 5.44. The van der Waals surface area contributed by atoms with Gasteiger partial charge in [-0.25, -0.2) is 9.78 Å². The zero-order chi connectivity index (χ0) is 20.3. The molecule has 0 saturated carbocycles. The molecule has 1 aliphatic rings. The van der Waals surface area contributed by atoms with Crippen molar-refractivity contribution in [1.29, 1.82) is 0 Å². The third-order valence-corrected chi connectivity index (χ3v) is 4.66. The molecule has 28 heavy (non-hydrogen) atoms. The third-order valence-electron chi connectivity index (χ3n) is 4.66. The van der Waals surface area contributed by atoms with Gasteiger partial charge in [-0.1, -0.05) is 17.7 Å². The Morgan fingerprint density at radius 2 is 1.82 bits per heavy atom. The molecule has 0 unspecified atom stereocenters. The number of anilines is 2. The maximum atomic E-state index is 12.4. The highest BCUT2D eigenvalue weighted by Gasteiger charge is 2.24. The van der Waals surface area contributed by atoms with E-state index in [1.54, 1.807) is 23.1 Å². The second kappa shape index (κ2) is 8.08. The highest BCUT2D eigenvalue weighted by molar-refractivity contribution is 6.05. The van der Waals surface area contributed by atoms with Crippen molar-refractivity contribution in [1.82, 2.24) is 9.88 Å². The average molecular weight is 382 g/mol. The van der Waals surface area contributed by atoms with E-state index in [1.165, 1.54) is 19.2 Å². The van der Waals surface area contributed by atoms with Gasteiger partial charge in [0.05, 0.1) is 11.9 Å². The number of carboxylic acid groups (broad SMARTS) is 1. The lowest BCUT2D eigenvalue weighted by Crippen LogP contribution is -2.48. The van der Waals surface area contributed by atoms with Crippen LogP contribution in [-0.4, -0.2) is 59.0 Å². The molecule has 1 aliphatic heterocycles. The molecule has 0 spiro atoms. The van der Waals surface area contributed by atoms with E-state index in [-0.39, 0.29) is 17.4 Å². The van der Waals surface area contributed by atoms with Crippen LogP contribution in [0, 0.1) is 6.92 Å². The number of nitrogens with one attached hydrogen (secondary N) is 1. The van der Waals surface area contributed by atoms with Gasteiger partial charge in [0.1, 0.15) is 11.4 Å². The molecule has 0 atom stereocenters. The Labute approximate surface area is 162 Å². The van der Waals surface area contributed by atoms with Crippen LogP contribution in [0.5, 0.6) is 0 Å². The summed E-state index contributed by atoms with van der Waals surface area (Å²) in [6, 6.07) is 8.53. The number of aromatic nitrogens is 1. The Balaban J connectivity index is 1.79. The lowest BCUT2D eigenvalue weighted by atomic mass is 10.1. The zero-order valence-corrected chi connectivity index (χ0v) is 15.8. The second-order valence-electron chi connectivity index (χ2n) is 6.72. The van der Waals surface area contributed by atoms with E-state index in [0.717, 1.165) is 5.56 Å². The summed E-state index contributed by atoms with van der Waals surface area (Å²) >= 11 is 0. The van der Waals surface area contributed by atoms with Crippen molar-refractivity contribution in [3.8, 4) is 0 Å². The largest absolute Gasteiger partial charge is 0.478 e. The summed E-state index contributed by atoms with van der Waals surface area (Å²) in [5.74, 6) is -1.11. The number of hydrogen-bond acceptors (Lipinski definition) is 5. The third kappa shape index (κ3) is 4.28. The highest BCUT2D eigenvalue weighted by Crippen LogP contribution is 2.23. The number of benzene rings is 1. The summed E-state index contributed by atoms with van der Waals surface area (Å²) in [6.07, 6.45) is 1.45. The predicted molar refractivity (Wildman–Crippen MR) is 105 cm³/mol. The molecule has 2 aromatic rings. The minimum Gasteiger partial charge on any atom is -0.478 e. The smallest absolute Gasteiger partial charge is 0.339 e. The number of rotatable bonds is 4. The Kier molecular flexibility index (Phi) is 5.58. The zero-order valence-electron chi connectivity index (χ0n) is 15.8. The number of piperazine rings is 1. The van der Waals surface area contributed by atoms with Gasteiger partial charge in [-0.3, -0.25) is 9.59 Å². The van der Waals surface area contributed by atoms with E-state index >= 15 is 0 Å². The maximum absolute atomic E-state index is 12.4. The molecule has 146 valence electrons. The molecule has 2 heterocycles. The van der Waals surface area contributed by atoms with Crippen LogP contribution in [0.3, 0.4) is 0 Å². The van der Waals surface area contributed by atoms with E-state index in [0.29, 0.717) is 43.2 Å². The molecule has 3 rings (SSSR count). The topological polar surface area (TPSA) is 103 Å². The number of aryl methyl sites for hydroxylation is 1. The normalized spacial score (nSPS) is 13.9. The molecule has 1 aromatic carbocycles. The molecule has 2 N–H and O–H groups in total. The fourth-order valence-electron chi connectivity index (χ4n) is 3.16. The maximum Gasteiger partial charge on any atom is 0.339 e. The Hall–Kier alpha value is -3.42. The Bertz CT molecular complexity index is 920. The predicted octanol–water partition coefficient (Wildman–Crippen LogP) is 2.01. The van der Waals surface area contributed by atoms with Gasteiger partial charge >= 0.3 is 5.97 Å². The van der Waals surface area contributed by atoms with Gasteiger partial charge in [0.25, 0.3) is 5.91 Å². The van der Waals surface area contributed by atoms with Crippen molar-refractivity contribution in [2.75, 3.05) is 36.4 Å². The van der Waals surface area contributed by atoms with Crippen molar-refractivity contribution in [2.24, 2.45) is 0 Å². The van der Waals surface area contributed by atoms with Crippen molar-refractivity contribution in [2.45, 2.75) is 13.8 Å². The molecule has 1 saturated heterocycles. The number of carbonyl (C=O) groups excluding carboxylic acids is 2.